The summed E-state index contributed by atoms with van der Waals surface area (Å²) in [6.07, 6.45) is 1.50. The van der Waals surface area contributed by atoms with Crippen molar-refractivity contribution in [2.45, 2.75) is 32.7 Å². The minimum atomic E-state index is -0.312. The fourth-order valence-corrected chi connectivity index (χ4v) is 2.54. The zero-order chi connectivity index (χ0) is 14.7. The van der Waals surface area contributed by atoms with E-state index in [1.54, 1.807) is 19.1 Å². The smallest absolute Gasteiger partial charge is 0.414 e. The molecule has 0 aliphatic carbocycles. The Morgan fingerprint density at radius 1 is 1.30 bits per heavy atom. The number of rotatable bonds is 3. The molecule has 1 heterocycles. The summed E-state index contributed by atoms with van der Waals surface area (Å²) in [6.45, 7) is 4.20. The number of aryl methyl sites for hydroxylation is 1. The van der Waals surface area contributed by atoms with Gasteiger partial charge in [0.1, 0.15) is 0 Å². The molecular formula is C15H21NO4. The van der Waals surface area contributed by atoms with Crippen LogP contribution in [0.4, 0.5) is 10.5 Å². The molecule has 5 heteroatoms. The van der Waals surface area contributed by atoms with Crippen LogP contribution in [-0.2, 0) is 11.2 Å². The van der Waals surface area contributed by atoms with Gasteiger partial charge in [-0.2, -0.15) is 0 Å². The van der Waals surface area contributed by atoms with Crippen LogP contribution in [0.25, 0.3) is 0 Å². The van der Waals surface area contributed by atoms with E-state index in [2.05, 4.69) is 0 Å². The van der Waals surface area contributed by atoms with Crippen LogP contribution in [0, 0.1) is 0 Å². The van der Waals surface area contributed by atoms with Crippen molar-refractivity contribution in [3.8, 4) is 11.5 Å². The van der Waals surface area contributed by atoms with Gasteiger partial charge < -0.3 is 14.2 Å². The van der Waals surface area contributed by atoms with Crippen molar-refractivity contribution >= 4 is 11.8 Å². The molecule has 5 nitrogen and oxygen atoms in total. The highest BCUT2D eigenvalue weighted by Crippen LogP contribution is 2.39. The summed E-state index contributed by atoms with van der Waals surface area (Å²) < 4.78 is 15.8. The Labute approximate surface area is 119 Å². The highest BCUT2D eigenvalue weighted by atomic mass is 16.6. The van der Waals surface area contributed by atoms with Gasteiger partial charge in [-0.05, 0) is 38.3 Å². The van der Waals surface area contributed by atoms with Gasteiger partial charge in [0, 0.05) is 12.1 Å². The largest absolute Gasteiger partial charge is 0.493 e. The number of amides is 1. The molecule has 0 bridgehead atoms. The molecule has 1 unspecified atom stereocenters. The summed E-state index contributed by atoms with van der Waals surface area (Å²) in [7, 11) is 3.20. The highest BCUT2D eigenvalue weighted by Gasteiger charge is 2.30. The first-order valence-corrected chi connectivity index (χ1v) is 6.83. The molecule has 0 aromatic heterocycles. The molecular weight excluding hydrogens is 258 g/mol. The lowest BCUT2D eigenvalue weighted by Gasteiger charge is -2.34. The summed E-state index contributed by atoms with van der Waals surface area (Å²) in [5.74, 6) is 1.30. The van der Waals surface area contributed by atoms with Crippen LogP contribution in [0.3, 0.4) is 0 Å². The van der Waals surface area contributed by atoms with Crippen LogP contribution in [-0.4, -0.2) is 33.0 Å². The van der Waals surface area contributed by atoms with E-state index >= 15 is 0 Å². The maximum absolute atomic E-state index is 12.2. The molecule has 1 aromatic carbocycles. The maximum Gasteiger partial charge on any atom is 0.414 e. The van der Waals surface area contributed by atoms with Crippen LogP contribution in [0.15, 0.2) is 12.1 Å². The Balaban J connectivity index is 2.46. The number of anilines is 1. The summed E-state index contributed by atoms with van der Waals surface area (Å²) in [6, 6.07) is 3.90. The fraction of sp³-hybridized carbons (Fsp3) is 0.533. The SMILES string of the molecule is CCOC(=O)N1c2cc(OC)c(OC)cc2CCC1C. The topological polar surface area (TPSA) is 48.0 Å². The predicted octanol–water partition coefficient (Wildman–Crippen LogP) is 3.00. The van der Waals surface area contributed by atoms with Gasteiger partial charge in [-0.15, -0.1) is 0 Å². The lowest BCUT2D eigenvalue weighted by Crippen LogP contribution is -2.42. The quantitative estimate of drug-likeness (QED) is 0.853. The Bertz CT molecular complexity index is 501. The van der Waals surface area contributed by atoms with Crippen molar-refractivity contribution in [3.63, 3.8) is 0 Å². The lowest BCUT2D eigenvalue weighted by molar-refractivity contribution is 0.156. The summed E-state index contributed by atoms with van der Waals surface area (Å²) in [5.41, 5.74) is 1.92. The Morgan fingerprint density at radius 2 is 1.95 bits per heavy atom. The highest BCUT2D eigenvalue weighted by molar-refractivity contribution is 5.90. The first-order chi connectivity index (χ1) is 9.62. The van der Waals surface area contributed by atoms with Crippen molar-refractivity contribution in [1.29, 1.82) is 0 Å². The molecule has 0 N–H and O–H groups in total. The van der Waals surface area contributed by atoms with Gasteiger partial charge in [0.2, 0.25) is 0 Å². The molecule has 20 heavy (non-hydrogen) atoms. The third-order valence-electron chi connectivity index (χ3n) is 3.58. The van der Waals surface area contributed by atoms with Crippen LogP contribution < -0.4 is 14.4 Å². The second-order valence-electron chi connectivity index (χ2n) is 4.79. The lowest BCUT2D eigenvalue weighted by atomic mass is 9.96. The van der Waals surface area contributed by atoms with Crippen LogP contribution in [0.5, 0.6) is 11.5 Å². The normalized spacial score (nSPS) is 17.4. The number of carbonyl (C=O) groups is 1. The molecule has 0 fully saturated rings. The van der Waals surface area contributed by atoms with Gasteiger partial charge in [0.25, 0.3) is 0 Å². The van der Waals surface area contributed by atoms with E-state index in [1.165, 1.54) is 0 Å². The van der Waals surface area contributed by atoms with Gasteiger partial charge >= 0.3 is 6.09 Å². The molecule has 1 atom stereocenters. The Kier molecular flexibility index (Phi) is 4.37. The number of ether oxygens (including phenoxy) is 3. The molecule has 0 spiro atoms. The van der Waals surface area contributed by atoms with Gasteiger partial charge in [0.05, 0.1) is 26.5 Å². The van der Waals surface area contributed by atoms with Gasteiger partial charge in [0.15, 0.2) is 11.5 Å². The molecule has 110 valence electrons. The van der Waals surface area contributed by atoms with Crippen LogP contribution in [0.2, 0.25) is 0 Å². The second-order valence-corrected chi connectivity index (χ2v) is 4.79. The zero-order valence-electron chi connectivity index (χ0n) is 12.4. The minimum absolute atomic E-state index is 0.111. The first-order valence-electron chi connectivity index (χ1n) is 6.83. The fourth-order valence-electron chi connectivity index (χ4n) is 2.54. The third kappa shape index (κ3) is 2.53. The van der Waals surface area contributed by atoms with Crippen molar-refractivity contribution in [1.82, 2.24) is 0 Å². The number of carbonyl (C=O) groups excluding carboxylic acids is 1. The van der Waals surface area contributed by atoms with Crippen molar-refractivity contribution in [2.75, 3.05) is 25.7 Å². The molecule has 2 rings (SSSR count). The van der Waals surface area contributed by atoms with Crippen molar-refractivity contribution in [2.24, 2.45) is 0 Å². The standard InChI is InChI=1S/C15H21NO4/c1-5-20-15(17)16-10(2)6-7-11-8-13(18-3)14(19-4)9-12(11)16/h8-10H,5-7H2,1-4H3. The third-order valence-corrected chi connectivity index (χ3v) is 3.58. The number of hydrogen-bond donors (Lipinski definition) is 0. The van der Waals surface area contributed by atoms with Gasteiger partial charge in [-0.1, -0.05) is 0 Å². The second kappa shape index (κ2) is 6.03. The minimum Gasteiger partial charge on any atom is -0.493 e. The average Bonchev–Trinajstić information content (AvgIpc) is 2.45. The summed E-state index contributed by atoms with van der Waals surface area (Å²) in [4.78, 5) is 13.9. The van der Waals surface area contributed by atoms with E-state index < -0.39 is 0 Å². The van der Waals surface area contributed by atoms with Crippen molar-refractivity contribution < 1.29 is 19.0 Å². The molecule has 0 saturated heterocycles. The van der Waals surface area contributed by atoms with E-state index in [4.69, 9.17) is 14.2 Å². The first kappa shape index (κ1) is 14.5. The van der Waals surface area contributed by atoms with Gasteiger partial charge in [-0.25, -0.2) is 4.79 Å². The predicted molar refractivity (Wildman–Crippen MR) is 76.8 cm³/mol. The van der Waals surface area contributed by atoms with E-state index in [-0.39, 0.29) is 12.1 Å². The van der Waals surface area contributed by atoms with E-state index in [1.807, 2.05) is 26.0 Å². The monoisotopic (exact) mass is 279 g/mol. The molecule has 1 aliphatic heterocycles. The molecule has 1 amide bonds. The number of benzene rings is 1. The van der Waals surface area contributed by atoms with Crippen LogP contribution >= 0.6 is 0 Å². The number of nitrogens with zero attached hydrogens (tertiary/aromatic N) is 1. The summed E-state index contributed by atoms with van der Waals surface area (Å²) >= 11 is 0. The average molecular weight is 279 g/mol. The maximum atomic E-state index is 12.2. The molecule has 1 aromatic rings. The Morgan fingerprint density at radius 3 is 2.55 bits per heavy atom. The Hall–Kier alpha value is -1.91. The number of hydrogen-bond acceptors (Lipinski definition) is 4. The molecule has 1 aliphatic rings. The summed E-state index contributed by atoms with van der Waals surface area (Å²) in [5, 5.41) is 0. The number of fused-ring (bicyclic) bond motifs is 1. The molecule has 0 saturated carbocycles. The molecule has 0 radical (unpaired) electrons. The van der Waals surface area contributed by atoms with E-state index in [0.29, 0.717) is 18.1 Å². The zero-order valence-corrected chi connectivity index (χ0v) is 12.4. The number of methoxy groups -OCH3 is 2. The van der Waals surface area contributed by atoms with E-state index in [9.17, 15) is 4.79 Å². The van der Waals surface area contributed by atoms with Crippen molar-refractivity contribution in [3.05, 3.63) is 17.7 Å². The van der Waals surface area contributed by atoms with Crippen LogP contribution in [0.1, 0.15) is 25.8 Å². The van der Waals surface area contributed by atoms with Gasteiger partial charge in [-0.3, -0.25) is 4.90 Å². The van der Waals surface area contributed by atoms with E-state index in [0.717, 1.165) is 24.1 Å².